The van der Waals surface area contributed by atoms with Crippen LogP contribution in [0.25, 0.3) is 0 Å². The molecule has 0 aliphatic carbocycles. The summed E-state index contributed by atoms with van der Waals surface area (Å²) in [6, 6.07) is 2.97. The van der Waals surface area contributed by atoms with E-state index in [9.17, 15) is 0 Å². The van der Waals surface area contributed by atoms with E-state index in [4.69, 9.17) is 22.1 Å². The molecule has 0 aliphatic rings. The van der Waals surface area contributed by atoms with E-state index in [0.717, 1.165) is 89.4 Å². The molecule has 8 heteroatoms. The van der Waals surface area contributed by atoms with Gasteiger partial charge in [-0.1, -0.05) is 41.5 Å². The van der Waals surface area contributed by atoms with Gasteiger partial charge in [-0.3, -0.25) is 0 Å². The Kier molecular flexibility index (Phi) is 20.9. The molecule has 0 atom stereocenters. The summed E-state index contributed by atoms with van der Waals surface area (Å²) in [6.45, 7) is 18.7. The molecular weight excluding hydrogens is 426 g/mol. The zero-order valence-corrected chi connectivity index (χ0v) is 23.6. The molecule has 0 aromatic carbocycles. The molecule has 0 unspecified atom stereocenters. The molecular formula is C23H53NO5Si2. The Bertz CT molecular complexity index is 361. The van der Waals surface area contributed by atoms with E-state index in [0.29, 0.717) is 19.8 Å². The fourth-order valence-electron chi connectivity index (χ4n) is 3.29. The van der Waals surface area contributed by atoms with Crippen molar-refractivity contribution < 1.29 is 22.1 Å². The molecule has 0 amide bonds. The van der Waals surface area contributed by atoms with Crippen molar-refractivity contribution in [2.45, 2.75) is 105 Å². The molecule has 31 heavy (non-hydrogen) atoms. The minimum atomic E-state index is -2.57. The van der Waals surface area contributed by atoms with E-state index in [1.807, 2.05) is 0 Å². The van der Waals surface area contributed by atoms with Crippen molar-refractivity contribution in [1.29, 1.82) is 0 Å². The Morgan fingerprint density at radius 1 is 0.516 bits per heavy atom. The summed E-state index contributed by atoms with van der Waals surface area (Å²) in [5.74, 6) is 0. The molecule has 6 nitrogen and oxygen atoms in total. The lowest BCUT2D eigenvalue weighted by Crippen LogP contribution is -2.47. The van der Waals surface area contributed by atoms with E-state index in [1.54, 1.807) is 0 Å². The first kappa shape index (κ1) is 31.2. The third kappa shape index (κ3) is 14.9. The average molecular weight is 480 g/mol. The molecule has 0 aromatic heterocycles. The van der Waals surface area contributed by atoms with Crippen LogP contribution in [0.4, 0.5) is 0 Å². The standard InChI is InChI=1S/C23H53NO5Si2/c1-7-17-25-30(12-6,26-18-8-2)22-13-15-24-16-14-23-31(27-19-9-3,28-20-10-4)29-21-11-5/h24H,7-23H2,1-6H3. The van der Waals surface area contributed by atoms with Crippen LogP contribution in [0.5, 0.6) is 0 Å². The van der Waals surface area contributed by atoms with E-state index in [-0.39, 0.29) is 0 Å². The first-order valence-corrected chi connectivity index (χ1v) is 17.1. The summed E-state index contributed by atoms with van der Waals surface area (Å²) >= 11 is 0. The highest BCUT2D eigenvalue weighted by Crippen LogP contribution is 2.22. The van der Waals surface area contributed by atoms with E-state index in [1.165, 1.54) is 0 Å². The predicted octanol–water partition coefficient (Wildman–Crippen LogP) is 5.89. The second kappa shape index (κ2) is 20.8. The van der Waals surface area contributed by atoms with Crippen LogP contribution in [-0.4, -0.2) is 63.5 Å². The minimum absolute atomic E-state index is 0.715. The van der Waals surface area contributed by atoms with Crippen molar-refractivity contribution in [3.63, 3.8) is 0 Å². The molecule has 188 valence electrons. The molecule has 0 radical (unpaired) electrons. The monoisotopic (exact) mass is 479 g/mol. The summed E-state index contributed by atoms with van der Waals surface area (Å²) in [4.78, 5) is 0. The molecule has 0 heterocycles. The van der Waals surface area contributed by atoms with Crippen molar-refractivity contribution in [1.82, 2.24) is 5.32 Å². The van der Waals surface area contributed by atoms with E-state index >= 15 is 0 Å². The third-order valence-electron chi connectivity index (χ3n) is 5.00. The van der Waals surface area contributed by atoms with Crippen LogP contribution < -0.4 is 5.32 Å². The lowest BCUT2D eigenvalue weighted by molar-refractivity contribution is 0.0588. The molecule has 0 spiro atoms. The lowest BCUT2D eigenvalue weighted by atomic mass is 10.4. The number of hydrogen-bond donors (Lipinski definition) is 1. The second-order valence-electron chi connectivity index (χ2n) is 8.15. The van der Waals surface area contributed by atoms with Gasteiger partial charge in [0.2, 0.25) is 0 Å². The van der Waals surface area contributed by atoms with Gasteiger partial charge >= 0.3 is 17.4 Å². The number of rotatable bonds is 24. The Morgan fingerprint density at radius 2 is 0.903 bits per heavy atom. The van der Waals surface area contributed by atoms with Crippen LogP contribution in [0.15, 0.2) is 0 Å². The predicted molar refractivity (Wildman–Crippen MR) is 135 cm³/mol. The van der Waals surface area contributed by atoms with Crippen LogP contribution in [-0.2, 0) is 22.1 Å². The van der Waals surface area contributed by atoms with E-state index < -0.39 is 17.4 Å². The fraction of sp³-hybridized carbons (Fsp3) is 1.00. The summed E-state index contributed by atoms with van der Waals surface area (Å²) in [5.41, 5.74) is 0. The maximum atomic E-state index is 6.26. The van der Waals surface area contributed by atoms with Crippen LogP contribution >= 0.6 is 0 Å². The van der Waals surface area contributed by atoms with Gasteiger partial charge in [0.1, 0.15) is 0 Å². The Balaban J connectivity index is 4.45. The van der Waals surface area contributed by atoms with Gasteiger partial charge in [-0.25, -0.2) is 0 Å². The van der Waals surface area contributed by atoms with Crippen molar-refractivity contribution in [3.8, 4) is 0 Å². The Hall–Kier alpha value is 0.194. The van der Waals surface area contributed by atoms with Gasteiger partial charge in [0.05, 0.1) is 0 Å². The molecule has 0 aliphatic heterocycles. The summed E-state index contributed by atoms with van der Waals surface area (Å²) in [7, 11) is -4.61. The van der Waals surface area contributed by atoms with Gasteiger partial charge in [-0.05, 0) is 70.1 Å². The van der Waals surface area contributed by atoms with Gasteiger partial charge in [-0.2, -0.15) is 0 Å². The zero-order chi connectivity index (χ0) is 23.3. The number of nitrogens with one attached hydrogen (secondary N) is 1. The first-order chi connectivity index (χ1) is 15.1. The Morgan fingerprint density at radius 3 is 1.29 bits per heavy atom. The summed E-state index contributed by atoms with van der Waals surface area (Å²) < 4.78 is 31.1. The highest BCUT2D eigenvalue weighted by Gasteiger charge is 2.40. The molecule has 0 fully saturated rings. The van der Waals surface area contributed by atoms with Crippen molar-refractivity contribution in [2.75, 3.05) is 46.1 Å². The van der Waals surface area contributed by atoms with Gasteiger partial charge in [-0.15, -0.1) is 0 Å². The Labute approximate surface area is 195 Å². The summed E-state index contributed by atoms with van der Waals surface area (Å²) in [6.07, 6.45) is 7.17. The maximum absolute atomic E-state index is 6.26. The highest BCUT2D eigenvalue weighted by molar-refractivity contribution is 6.67. The summed E-state index contributed by atoms with van der Waals surface area (Å²) in [5, 5.41) is 3.60. The quantitative estimate of drug-likeness (QED) is 0.138. The SMILES string of the molecule is CCCO[Si](CC)(CCCNCCC[Si](OCCC)(OCCC)OCCC)OCCC. The molecule has 0 aromatic rings. The van der Waals surface area contributed by atoms with E-state index in [2.05, 4.69) is 46.9 Å². The number of hydrogen-bond acceptors (Lipinski definition) is 6. The molecule has 0 saturated heterocycles. The molecule has 0 bridgehead atoms. The molecule has 0 rings (SSSR count). The van der Waals surface area contributed by atoms with Crippen LogP contribution in [0.1, 0.15) is 86.5 Å². The zero-order valence-electron chi connectivity index (χ0n) is 21.6. The van der Waals surface area contributed by atoms with Crippen LogP contribution in [0.2, 0.25) is 18.1 Å². The van der Waals surface area contributed by atoms with Gasteiger partial charge in [0, 0.05) is 39.1 Å². The van der Waals surface area contributed by atoms with Crippen molar-refractivity contribution in [3.05, 3.63) is 0 Å². The van der Waals surface area contributed by atoms with Crippen LogP contribution in [0.3, 0.4) is 0 Å². The van der Waals surface area contributed by atoms with Gasteiger partial charge < -0.3 is 27.4 Å². The third-order valence-corrected chi connectivity index (χ3v) is 11.6. The van der Waals surface area contributed by atoms with Crippen LogP contribution in [0, 0.1) is 0 Å². The smallest absolute Gasteiger partial charge is 0.394 e. The van der Waals surface area contributed by atoms with Crippen molar-refractivity contribution >= 4 is 17.4 Å². The first-order valence-electron chi connectivity index (χ1n) is 13.0. The fourth-order valence-corrected chi connectivity index (χ4v) is 9.13. The van der Waals surface area contributed by atoms with Crippen molar-refractivity contribution in [2.24, 2.45) is 0 Å². The van der Waals surface area contributed by atoms with Gasteiger partial charge in [0.15, 0.2) is 0 Å². The highest BCUT2D eigenvalue weighted by atomic mass is 28.4. The topological polar surface area (TPSA) is 58.2 Å². The normalized spacial score (nSPS) is 12.6. The van der Waals surface area contributed by atoms with Gasteiger partial charge in [0.25, 0.3) is 0 Å². The minimum Gasteiger partial charge on any atom is -0.394 e. The lowest BCUT2D eigenvalue weighted by Gasteiger charge is -2.30. The molecule has 0 saturated carbocycles. The largest absolute Gasteiger partial charge is 0.501 e. The average Bonchev–Trinajstić information content (AvgIpc) is 2.80. The maximum Gasteiger partial charge on any atom is 0.501 e. The molecule has 1 N–H and O–H groups in total. The second-order valence-corrected chi connectivity index (χ2v) is 14.5.